The van der Waals surface area contributed by atoms with E-state index in [9.17, 15) is 22.4 Å². The summed E-state index contributed by atoms with van der Waals surface area (Å²) in [6.07, 6.45) is -3.34. The van der Waals surface area contributed by atoms with Gasteiger partial charge in [-0.2, -0.15) is 13.2 Å². The molecule has 2 atom stereocenters. The van der Waals surface area contributed by atoms with Crippen LogP contribution in [0.3, 0.4) is 0 Å². The molecule has 3 aromatic rings. The van der Waals surface area contributed by atoms with Gasteiger partial charge in [0, 0.05) is 37.1 Å². The largest absolute Gasteiger partial charge is 0.406 e. The monoisotopic (exact) mass is 581 g/mol. The maximum atomic E-state index is 15.0. The van der Waals surface area contributed by atoms with Crippen molar-refractivity contribution in [3.8, 4) is 10.7 Å². The second-order valence-electron chi connectivity index (χ2n) is 11.0. The number of benzene rings is 1. The van der Waals surface area contributed by atoms with E-state index in [4.69, 9.17) is 0 Å². The molecule has 1 amide bonds. The van der Waals surface area contributed by atoms with Crippen LogP contribution in [0.4, 0.5) is 23.2 Å². The Labute approximate surface area is 234 Å². The van der Waals surface area contributed by atoms with E-state index in [2.05, 4.69) is 20.4 Å². The standard InChI is InChI=1S/C27H35F4N7OS/c1-35-10-7-17(8-11-35)25(39)32-14-24-33-34-26(40-24)23-13-18-20(37(3)22-9-12-36(2)15-19(22)28)5-4-6-21(18)38(23)16-27(29,30)31/h4-6,13,17,19,22H,7-12,14-16H2,1-3H3,(H,32,39)/t19-,22+/m0/s1. The molecule has 0 unspecified atom stereocenters. The minimum Gasteiger partial charge on any atom is -0.368 e. The number of halogens is 4. The van der Waals surface area contributed by atoms with Gasteiger partial charge in [0.25, 0.3) is 0 Å². The summed E-state index contributed by atoms with van der Waals surface area (Å²) >= 11 is 1.16. The highest BCUT2D eigenvalue weighted by molar-refractivity contribution is 7.14. The Morgan fingerprint density at radius 1 is 1.12 bits per heavy atom. The van der Waals surface area contributed by atoms with Crippen molar-refractivity contribution in [2.75, 3.05) is 52.2 Å². The molecule has 0 aliphatic carbocycles. The molecule has 0 radical (unpaired) electrons. The van der Waals surface area contributed by atoms with Crippen molar-refractivity contribution in [1.29, 1.82) is 0 Å². The second-order valence-corrected chi connectivity index (χ2v) is 12.0. The van der Waals surface area contributed by atoms with Crippen molar-refractivity contribution >= 4 is 33.8 Å². The van der Waals surface area contributed by atoms with E-state index in [0.29, 0.717) is 45.3 Å². The molecule has 0 bridgehead atoms. The molecule has 2 aliphatic heterocycles. The van der Waals surface area contributed by atoms with E-state index in [1.54, 1.807) is 25.2 Å². The third kappa shape index (κ3) is 6.26. The summed E-state index contributed by atoms with van der Waals surface area (Å²) in [4.78, 5) is 18.6. The first-order valence-electron chi connectivity index (χ1n) is 13.5. The van der Waals surface area contributed by atoms with Gasteiger partial charge in [0.2, 0.25) is 5.91 Å². The van der Waals surface area contributed by atoms with E-state index in [1.807, 2.05) is 30.0 Å². The number of hydrogen-bond donors (Lipinski definition) is 1. The van der Waals surface area contributed by atoms with E-state index in [-0.39, 0.29) is 24.4 Å². The molecule has 2 aliphatic rings. The molecule has 40 heavy (non-hydrogen) atoms. The quantitative estimate of drug-likeness (QED) is 0.423. The fourth-order valence-corrected chi connectivity index (χ4v) is 6.57. The predicted molar refractivity (Wildman–Crippen MR) is 148 cm³/mol. The number of amides is 1. The van der Waals surface area contributed by atoms with Crippen molar-refractivity contribution < 1.29 is 22.4 Å². The Hall–Kier alpha value is -2.77. The molecule has 13 heteroatoms. The van der Waals surface area contributed by atoms with Crippen LogP contribution >= 0.6 is 11.3 Å². The number of anilines is 1. The molecule has 0 spiro atoms. The van der Waals surface area contributed by atoms with E-state index < -0.39 is 18.9 Å². The highest BCUT2D eigenvalue weighted by atomic mass is 32.1. The summed E-state index contributed by atoms with van der Waals surface area (Å²) in [6, 6.07) is 6.48. The van der Waals surface area contributed by atoms with E-state index >= 15 is 0 Å². The molecule has 5 rings (SSSR count). The number of carbonyl (C=O) groups is 1. The summed E-state index contributed by atoms with van der Waals surface area (Å²) in [5, 5.41) is 12.7. The van der Waals surface area contributed by atoms with Gasteiger partial charge in [0.15, 0.2) is 5.01 Å². The fraction of sp³-hybridized carbons (Fsp3) is 0.593. The maximum absolute atomic E-state index is 15.0. The van der Waals surface area contributed by atoms with Gasteiger partial charge in [0.1, 0.15) is 17.7 Å². The van der Waals surface area contributed by atoms with E-state index in [1.165, 1.54) is 4.57 Å². The van der Waals surface area contributed by atoms with Crippen LogP contribution in [0.1, 0.15) is 24.3 Å². The smallest absolute Gasteiger partial charge is 0.368 e. The molecule has 0 saturated carbocycles. The van der Waals surface area contributed by atoms with Gasteiger partial charge >= 0.3 is 6.18 Å². The van der Waals surface area contributed by atoms with E-state index in [0.717, 1.165) is 43.8 Å². The summed E-state index contributed by atoms with van der Waals surface area (Å²) in [5.41, 5.74) is 1.36. The van der Waals surface area contributed by atoms with Crippen LogP contribution in [0.15, 0.2) is 24.3 Å². The third-order valence-corrected chi connectivity index (χ3v) is 8.98. The normalized spacial score (nSPS) is 21.7. The molecular formula is C27H35F4N7OS. The van der Waals surface area contributed by atoms with Crippen LogP contribution < -0.4 is 10.2 Å². The zero-order chi connectivity index (χ0) is 28.6. The number of nitrogens with zero attached hydrogens (tertiary/aromatic N) is 6. The van der Waals surface area contributed by atoms with Gasteiger partial charge in [0.05, 0.1) is 23.8 Å². The zero-order valence-corrected chi connectivity index (χ0v) is 23.7. The first-order chi connectivity index (χ1) is 19.0. The average Bonchev–Trinajstić information content (AvgIpc) is 3.51. The Morgan fingerprint density at radius 2 is 1.85 bits per heavy atom. The first-order valence-corrected chi connectivity index (χ1v) is 14.4. The Morgan fingerprint density at radius 3 is 2.55 bits per heavy atom. The average molecular weight is 582 g/mol. The topological polar surface area (TPSA) is 69.5 Å². The van der Waals surface area contributed by atoms with Gasteiger partial charge < -0.3 is 24.6 Å². The summed E-state index contributed by atoms with van der Waals surface area (Å²) in [6.45, 7) is 1.77. The third-order valence-electron chi connectivity index (χ3n) is 8.04. The number of rotatable bonds is 7. The second kappa shape index (κ2) is 11.6. The fourth-order valence-electron chi connectivity index (χ4n) is 5.77. The molecule has 4 heterocycles. The number of alkyl halides is 4. The molecule has 1 aromatic carbocycles. The van der Waals surface area contributed by atoms with Crippen LogP contribution in [-0.2, 0) is 17.9 Å². The molecule has 8 nitrogen and oxygen atoms in total. The molecular weight excluding hydrogens is 546 g/mol. The van der Waals surface area contributed by atoms with Crippen LogP contribution in [0.5, 0.6) is 0 Å². The molecule has 218 valence electrons. The summed E-state index contributed by atoms with van der Waals surface area (Å²) in [5.74, 6) is -0.0920. The Bertz CT molecular complexity index is 1330. The van der Waals surface area contributed by atoms with Gasteiger partial charge in [-0.05, 0) is 64.6 Å². The van der Waals surface area contributed by atoms with Crippen molar-refractivity contribution in [3.05, 3.63) is 29.3 Å². The van der Waals surface area contributed by atoms with Gasteiger partial charge in [-0.3, -0.25) is 4.79 Å². The van der Waals surface area contributed by atoms with Crippen molar-refractivity contribution in [2.45, 2.75) is 50.7 Å². The lowest BCUT2D eigenvalue weighted by atomic mass is 9.96. The molecule has 1 N–H and O–H groups in total. The zero-order valence-electron chi connectivity index (χ0n) is 22.9. The maximum Gasteiger partial charge on any atom is 0.406 e. The molecule has 2 saturated heterocycles. The van der Waals surface area contributed by atoms with Crippen molar-refractivity contribution in [3.63, 3.8) is 0 Å². The minimum atomic E-state index is -4.46. The van der Waals surface area contributed by atoms with Crippen LogP contribution in [-0.4, -0.2) is 96.2 Å². The minimum absolute atomic E-state index is 0.0382. The van der Waals surface area contributed by atoms with Crippen molar-refractivity contribution in [2.24, 2.45) is 5.92 Å². The lowest BCUT2D eigenvalue weighted by Crippen LogP contribution is -2.50. The van der Waals surface area contributed by atoms with Crippen LogP contribution in [0.25, 0.3) is 21.6 Å². The van der Waals surface area contributed by atoms with Crippen LogP contribution in [0, 0.1) is 5.92 Å². The van der Waals surface area contributed by atoms with Gasteiger partial charge in [-0.1, -0.05) is 17.4 Å². The SMILES string of the molecule is CN1CCC(C(=O)NCc2nnc(-c3cc4c(N(C)[C@@H]5CCN(C)C[C@@H]5F)cccc4n3CC(F)(F)F)s2)CC1. The lowest BCUT2D eigenvalue weighted by Gasteiger charge is -2.39. The van der Waals surface area contributed by atoms with Gasteiger partial charge in [-0.25, -0.2) is 4.39 Å². The predicted octanol–water partition coefficient (Wildman–Crippen LogP) is 4.16. The number of piperidine rings is 2. The number of hydrogen-bond acceptors (Lipinski definition) is 7. The first kappa shape index (κ1) is 28.7. The molecule has 2 fully saturated rings. The number of nitrogens with one attached hydrogen (secondary N) is 1. The number of likely N-dealkylation sites (tertiary alicyclic amines) is 2. The Kier molecular flexibility index (Phi) is 8.35. The Balaban J connectivity index is 1.42. The summed E-state index contributed by atoms with van der Waals surface area (Å²) < 4.78 is 57.4. The number of fused-ring (bicyclic) bond motifs is 1. The highest BCUT2D eigenvalue weighted by Crippen LogP contribution is 2.38. The number of carbonyl (C=O) groups excluding carboxylic acids is 1. The lowest BCUT2D eigenvalue weighted by molar-refractivity contribution is -0.139. The number of aromatic nitrogens is 3. The van der Waals surface area contributed by atoms with Gasteiger partial charge in [-0.15, -0.1) is 10.2 Å². The highest BCUT2D eigenvalue weighted by Gasteiger charge is 2.34. The van der Waals surface area contributed by atoms with Crippen LogP contribution in [0.2, 0.25) is 0 Å². The summed E-state index contributed by atoms with van der Waals surface area (Å²) in [7, 11) is 5.71. The molecule has 2 aromatic heterocycles. The van der Waals surface area contributed by atoms with Crippen molar-refractivity contribution in [1.82, 2.24) is 29.9 Å².